The maximum Gasteiger partial charge on any atom is 0.238 e. The molecule has 1 heterocycles. The van der Waals surface area contributed by atoms with Crippen LogP contribution < -0.4 is 5.14 Å². The van der Waals surface area contributed by atoms with Gasteiger partial charge in [0.1, 0.15) is 6.10 Å². The number of primary sulfonamides is 1. The number of unbranched alkanes of at least 4 members (excludes halogenated alkanes) is 2. The molecule has 188 valence electrons. The maximum absolute atomic E-state index is 13.4. The highest BCUT2D eigenvalue weighted by molar-refractivity contribution is 7.93. The summed E-state index contributed by atoms with van der Waals surface area (Å²) in [6.07, 6.45) is 6.45. The van der Waals surface area contributed by atoms with Crippen molar-refractivity contribution in [3.63, 3.8) is 0 Å². The van der Waals surface area contributed by atoms with Gasteiger partial charge in [-0.05, 0) is 31.2 Å². The van der Waals surface area contributed by atoms with E-state index in [-0.39, 0.29) is 10.8 Å². The van der Waals surface area contributed by atoms with Gasteiger partial charge in [-0.1, -0.05) is 63.1 Å². The first-order valence-electron chi connectivity index (χ1n) is 12.5. The normalized spacial score (nSPS) is 19.8. The smallest absolute Gasteiger partial charge is 0.238 e. The van der Waals surface area contributed by atoms with Gasteiger partial charge in [0.2, 0.25) is 15.9 Å². The average Bonchev–Trinajstić information content (AvgIpc) is 3.37. The molecular formula is C26H39N3O4S. The van der Waals surface area contributed by atoms with Crippen LogP contribution in [-0.2, 0) is 14.8 Å². The number of nitrogens with zero attached hydrogens (tertiary/aromatic N) is 2. The lowest BCUT2D eigenvalue weighted by Gasteiger charge is -2.37. The van der Waals surface area contributed by atoms with E-state index in [1.54, 1.807) is 12.1 Å². The van der Waals surface area contributed by atoms with Crippen molar-refractivity contribution in [3.8, 4) is 0 Å². The highest BCUT2D eigenvalue weighted by Crippen LogP contribution is 2.41. The van der Waals surface area contributed by atoms with Crippen LogP contribution in [0.4, 0.5) is 0 Å². The van der Waals surface area contributed by atoms with Gasteiger partial charge < -0.3 is 14.9 Å². The highest BCUT2D eigenvalue weighted by Gasteiger charge is 2.38. The van der Waals surface area contributed by atoms with Gasteiger partial charge in [0.15, 0.2) is 0 Å². The molecule has 8 heteroatoms. The molecule has 0 radical (unpaired) electrons. The van der Waals surface area contributed by atoms with Crippen molar-refractivity contribution in [2.45, 2.75) is 64.9 Å². The highest BCUT2D eigenvalue weighted by atomic mass is 32.2. The van der Waals surface area contributed by atoms with E-state index in [0.717, 1.165) is 57.3 Å². The number of amides is 1. The maximum atomic E-state index is 13.4. The molecule has 0 aromatic heterocycles. The Kier molecular flexibility index (Phi) is 9.33. The first kappa shape index (κ1) is 26.4. The summed E-state index contributed by atoms with van der Waals surface area (Å²) in [5.74, 6) is -0.672. The number of likely N-dealkylation sites (tertiary alicyclic amines) is 1. The summed E-state index contributed by atoms with van der Waals surface area (Å²) in [5.41, 5.74) is 1.63. The third-order valence-corrected chi connectivity index (χ3v) is 7.69. The zero-order valence-corrected chi connectivity index (χ0v) is 21.3. The summed E-state index contributed by atoms with van der Waals surface area (Å²) >= 11 is 0. The standard InChI is InChI=1S/C26H39N3O4S/c1-3-5-14-28(15-6-4-2)22-18-21(26(31)29-16-10-11-17-29)19-23(34(27,32)33)24(22)25(30)20-12-8-7-9-13-20/h7-9,12-13,19,21,25,30H,3-6,10-11,14-18H2,1-2H3,(H2,27,32,33). The van der Waals surface area contributed by atoms with Crippen molar-refractivity contribution in [3.05, 3.63) is 58.1 Å². The Morgan fingerprint density at radius 2 is 1.71 bits per heavy atom. The molecular weight excluding hydrogens is 450 g/mol. The second kappa shape index (κ2) is 12.0. The van der Waals surface area contributed by atoms with Gasteiger partial charge in [0.05, 0.1) is 10.8 Å². The molecule has 7 nitrogen and oxygen atoms in total. The number of hydrogen-bond acceptors (Lipinski definition) is 5. The molecule has 34 heavy (non-hydrogen) atoms. The van der Waals surface area contributed by atoms with Gasteiger partial charge in [-0.25, -0.2) is 13.6 Å². The Morgan fingerprint density at radius 3 is 2.24 bits per heavy atom. The van der Waals surface area contributed by atoms with E-state index < -0.39 is 22.0 Å². The zero-order valence-electron chi connectivity index (χ0n) is 20.4. The number of carbonyl (C=O) groups excluding carboxylic acids is 1. The minimum absolute atomic E-state index is 0.0599. The molecule has 0 bridgehead atoms. The Morgan fingerprint density at radius 1 is 1.12 bits per heavy atom. The minimum atomic E-state index is -4.18. The molecule has 1 aromatic carbocycles. The van der Waals surface area contributed by atoms with Crippen molar-refractivity contribution < 1.29 is 18.3 Å². The Bertz CT molecular complexity index is 990. The number of carbonyl (C=O) groups is 1. The van der Waals surface area contributed by atoms with Gasteiger partial charge in [-0.3, -0.25) is 4.79 Å². The lowest BCUT2D eigenvalue weighted by Crippen LogP contribution is -2.39. The molecule has 1 amide bonds. The van der Waals surface area contributed by atoms with Crippen LogP contribution in [-0.4, -0.2) is 55.4 Å². The fourth-order valence-corrected chi connectivity index (χ4v) is 5.73. The number of nitrogens with two attached hydrogens (primary N) is 1. The number of sulfonamides is 1. The predicted molar refractivity (Wildman–Crippen MR) is 135 cm³/mol. The van der Waals surface area contributed by atoms with E-state index in [1.807, 2.05) is 23.1 Å². The fraction of sp³-hybridized carbons (Fsp3) is 0.577. The zero-order chi connectivity index (χ0) is 24.7. The van der Waals surface area contributed by atoms with Crippen LogP contribution in [0, 0.1) is 5.92 Å². The summed E-state index contributed by atoms with van der Waals surface area (Å²) in [7, 11) is -4.18. The minimum Gasteiger partial charge on any atom is -0.384 e. The molecule has 1 fully saturated rings. The van der Waals surface area contributed by atoms with E-state index in [9.17, 15) is 18.3 Å². The van der Waals surface area contributed by atoms with Crippen molar-refractivity contribution >= 4 is 15.9 Å². The van der Waals surface area contributed by atoms with Gasteiger partial charge in [-0.2, -0.15) is 0 Å². The summed E-state index contributed by atoms with van der Waals surface area (Å²) in [6.45, 7) is 7.09. The Balaban J connectivity index is 2.14. The van der Waals surface area contributed by atoms with Crippen LogP contribution in [0.2, 0.25) is 0 Å². The topological polar surface area (TPSA) is 104 Å². The number of aliphatic hydroxyl groups excluding tert-OH is 1. The number of hydrogen-bond donors (Lipinski definition) is 2. The van der Waals surface area contributed by atoms with E-state index in [1.165, 1.54) is 6.08 Å². The van der Waals surface area contributed by atoms with Gasteiger partial charge in [0, 0.05) is 43.9 Å². The van der Waals surface area contributed by atoms with Crippen molar-refractivity contribution in [2.75, 3.05) is 26.2 Å². The SMILES string of the molecule is CCCCN(CCCC)C1=C(C(O)c2ccccc2)C(S(N)(=O)=O)=CC(C(=O)N2CCCC2)C1. The van der Waals surface area contributed by atoms with Crippen molar-refractivity contribution in [2.24, 2.45) is 11.1 Å². The number of benzene rings is 1. The van der Waals surface area contributed by atoms with Crippen molar-refractivity contribution in [1.82, 2.24) is 9.80 Å². The molecule has 0 saturated carbocycles. The van der Waals surface area contributed by atoms with Crippen LogP contribution in [0.25, 0.3) is 0 Å². The van der Waals surface area contributed by atoms with Gasteiger partial charge >= 0.3 is 0 Å². The number of rotatable bonds is 11. The quantitative estimate of drug-likeness (QED) is 0.493. The molecule has 3 rings (SSSR count). The predicted octanol–water partition coefficient (Wildman–Crippen LogP) is 3.69. The molecule has 1 aromatic rings. The number of aliphatic hydroxyl groups is 1. The number of allylic oxidation sites excluding steroid dienone is 1. The first-order valence-corrected chi connectivity index (χ1v) is 14.1. The first-order chi connectivity index (χ1) is 16.3. The Hall–Kier alpha value is -2.16. The lowest BCUT2D eigenvalue weighted by atomic mass is 9.87. The van der Waals surface area contributed by atoms with Crippen LogP contribution in [0.15, 0.2) is 52.6 Å². The molecule has 3 N–H and O–H groups in total. The molecule has 1 saturated heterocycles. The van der Waals surface area contributed by atoms with E-state index >= 15 is 0 Å². The van der Waals surface area contributed by atoms with Crippen molar-refractivity contribution in [1.29, 1.82) is 0 Å². The summed E-state index contributed by atoms with van der Waals surface area (Å²) in [4.78, 5) is 17.2. The van der Waals surface area contributed by atoms with E-state index in [2.05, 4.69) is 18.7 Å². The molecule has 0 spiro atoms. The van der Waals surface area contributed by atoms with E-state index in [4.69, 9.17) is 5.14 Å². The van der Waals surface area contributed by atoms with Crippen LogP contribution in [0.5, 0.6) is 0 Å². The monoisotopic (exact) mass is 489 g/mol. The molecule has 2 aliphatic rings. The summed E-state index contributed by atoms with van der Waals surface area (Å²) in [5, 5.41) is 17.2. The third kappa shape index (κ3) is 6.29. The third-order valence-electron chi connectivity index (χ3n) is 6.72. The van der Waals surface area contributed by atoms with Crippen LogP contribution in [0.3, 0.4) is 0 Å². The van der Waals surface area contributed by atoms with Crippen LogP contribution in [0.1, 0.15) is 70.5 Å². The largest absolute Gasteiger partial charge is 0.384 e. The average molecular weight is 490 g/mol. The molecule has 2 unspecified atom stereocenters. The Labute approximate surface area is 204 Å². The molecule has 1 aliphatic heterocycles. The summed E-state index contributed by atoms with van der Waals surface area (Å²) < 4.78 is 25.7. The van der Waals surface area contributed by atoms with Crippen LogP contribution >= 0.6 is 0 Å². The van der Waals surface area contributed by atoms with Gasteiger partial charge in [0.25, 0.3) is 0 Å². The second-order valence-electron chi connectivity index (χ2n) is 9.29. The lowest BCUT2D eigenvalue weighted by molar-refractivity contribution is -0.133. The fourth-order valence-electron chi connectivity index (χ4n) is 4.84. The molecule has 1 aliphatic carbocycles. The van der Waals surface area contributed by atoms with E-state index in [0.29, 0.717) is 30.6 Å². The van der Waals surface area contributed by atoms with Gasteiger partial charge in [-0.15, -0.1) is 0 Å². The molecule has 2 atom stereocenters. The summed E-state index contributed by atoms with van der Waals surface area (Å²) in [6, 6.07) is 9.03. The second-order valence-corrected chi connectivity index (χ2v) is 10.8.